The highest BCUT2D eigenvalue weighted by Gasteiger charge is 2.31. The van der Waals surface area contributed by atoms with E-state index in [1.807, 2.05) is 6.07 Å². The van der Waals surface area contributed by atoms with Crippen LogP contribution in [0.15, 0.2) is 27.1 Å². The number of hydrogen-bond donors (Lipinski definition) is 1. The quantitative estimate of drug-likeness (QED) is 0.912. The minimum Gasteiger partial charge on any atom is -0.458 e. The van der Waals surface area contributed by atoms with E-state index >= 15 is 0 Å². The lowest BCUT2D eigenvalue weighted by atomic mass is 10.1. The van der Waals surface area contributed by atoms with Crippen LogP contribution in [0.3, 0.4) is 0 Å². The number of rotatable bonds is 2. The van der Waals surface area contributed by atoms with Crippen molar-refractivity contribution in [2.45, 2.75) is 18.9 Å². The molecular formula is C12H11BrFNO. The van der Waals surface area contributed by atoms with E-state index in [0.29, 0.717) is 16.0 Å². The Balaban J connectivity index is 2.11. The normalized spacial score (nSPS) is 17.9. The summed E-state index contributed by atoms with van der Waals surface area (Å²) < 4.78 is 19.5. The fraction of sp³-hybridized carbons (Fsp3) is 0.333. The summed E-state index contributed by atoms with van der Waals surface area (Å²) >= 11 is 3.29. The monoisotopic (exact) mass is 283 g/mol. The Bertz CT molecular complexity index is 547. The zero-order chi connectivity index (χ0) is 11.3. The van der Waals surface area contributed by atoms with Crippen molar-refractivity contribution in [1.29, 1.82) is 0 Å². The van der Waals surface area contributed by atoms with Crippen molar-refractivity contribution in [2.75, 3.05) is 0 Å². The largest absolute Gasteiger partial charge is 0.458 e. The fourth-order valence-corrected chi connectivity index (χ4v) is 2.48. The molecule has 1 aromatic carbocycles. The van der Waals surface area contributed by atoms with E-state index in [2.05, 4.69) is 15.9 Å². The van der Waals surface area contributed by atoms with Crippen LogP contribution in [0.1, 0.15) is 24.6 Å². The Hall–Kier alpha value is -0.870. The van der Waals surface area contributed by atoms with E-state index in [9.17, 15) is 4.39 Å². The third-order valence-corrected chi connectivity index (χ3v) is 3.60. The molecule has 0 aliphatic heterocycles. The first-order chi connectivity index (χ1) is 7.65. The second kappa shape index (κ2) is 3.57. The molecule has 0 spiro atoms. The van der Waals surface area contributed by atoms with Gasteiger partial charge < -0.3 is 10.2 Å². The first-order valence-corrected chi connectivity index (χ1v) is 6.08. The molecule has 3 rings (SSSR count). The summed E-state index contributed by atoms with van der Waals surface area (Å²) in [4.78, 5) is 0. The molecule has 0 radical (unpaired) electrons. The van der Waals surface area contributed by atoms with E-state index < -0.39 is 0 Å². The average Bonchev–Trinajstić information content (AvgIpc) is 2.97. The third kappa shape index (κ3) is 1.66. The van der Waals surface area contributed by atoms with Crippen molar-refractivity contribution >= 4 is 26.9 Å². The van der Waals surface area contributed by atoms with E-state index in [4.69, 9.17) is 10.2 Å². The van der Waals surface area contributed by atoms with Crippen LogP contribution in [0.2, 0.25) is 0 Å². The van der Waals surface area contributed by atoms with Gasteiger partial charge in [-0.3, -0.25) is 0 Å². The van der Waals surface area contributed by atoms with Gasteiger partial charge in [0, 0.05) is 5.39 Å². The van der Waals surface area contributed by atoms with Gasteiger partial charge in [0.25, 0.3) is 0 Å². The topological polar surface area (TPSA) is 39.2 Å². The highest BCUT2D eigenvalue weighted by molar-refractivity contribution is 9.10. The molecule has 1 atom stereocenters. The van der Waals surface area contributed by atoms with Crippen LogP contribution in [-0.4, -0.2) is 0 Å². The van der Waals surface area contributed by atoms with Crippen LogP contribution in [0, 0.1) is 11.7 Å². The molecule has 0 saturated heterocycles. The molecule has 1 aliphatic carbocycles. The number of hydrogen-bond acceptors (Lipinski definition) is 2. The maximum atomic E-state index is 13.2. The van der Waals surface area contributed by atoms with Crippen molar-refractivity contribution in [3.63, 3.8) is 0 Å². The maximum absolute atomic E-state index is 13.2. The van der Waals surface area contributed by atoms with Gasteiger partial charge >= 0.3 is 0 Å². The lowest BCUT2D eigenvalue weighted by Gasteiger charge is -2.04. The predicted molar refractivity (Wildman–Crippen MR) is 63.5 cm³/mol. The molecule has 0 amide bonds. The number of benzene rings is 1. The van der Waals surface area contributed by atoms with Gasteiger partial charge in [0.15, 0.2) is 0 Å². The van der Waals surface area contributed by atoms with E-state index in [0.717, 1.165) is 24.0 Å². The maximum Gasteiger partial charge on any atom is 0.148 e. The molecule has 1 heterocycles. The zero-order valence-corrected chi connectivity index (χ0v) is 10.1. The highest BCUT2D eigenvalue weighted by Crippen LogP contribution is 2.41. The molecule has 4 heteroatoms. The Morgan fingerprint density at radius 2 is 2.12 bits per heavy atom. The third-order valence-electron chi connectivity index (χ3n) is 3.01. The summed E-state index contributed by atoms with van der Waals surface area (Å²) in [6.45, 7) is 0. The van der Waals surface area contributed by atoms with E-state index in [-0.39, 0.29) is 11.9 Å². The Morgan fingerprint density at radius 3 is 2.81 bits per heavy atom. The van der Waals surface area contributed by atoms with E-state index in [1.54, 1.807) is 0 Å². The van der Waals surface area contributed by atoms with Crippen LogP contribution < -0.4 is 5.73 Å². The minimum atomic E-state index is -0.272. The molecule has 16 heavy (non-hydrogen) atoms. The molecule has 1 fully saturated rings. The SMILES string of the molecule is NC(c1cc2cc(F)cc(Br)c2o1)C1CC1. The van der Waals surface area contributed by atoms with Gasteiger partial charge in [0.2, 0.25) is 0 Å². The van der Waals surface area contributed by atoms with Crippen molar-refractivity contribution in [1.82, 2.24) is 0 Å². The summed E-state index contributed by atoms with van der Waals surface area (Å²) in [5.74, 6) is 1.01. The fourth-order valence-electron chi connectivity index (χ4n) is 1.95. The molecule has 1 unspecified atom stereocenters. The Labute approximate surface area is 101 Å². The summed E-state index contributed by atoms with van der Waals surface area (Å²) in [7, 11) is 0. The van der Waals surface area contributed by atoms with E-state index in [1.165, 1.54) is 12.1 Å². The van der Waals surface area contributed by atoms with Gasteiger partial charge in [0.05, 0.1) is 10.5 Å². The van der Waals surface area contributed by atoms with Gasteiger partial charge in [-0.05, 0) is 52.9 Å². The summed E-state index contributed by atoms with van der Waals surface area (Å²) in [6.07, 6.45) is 2.32. The van der Waals surface area contributed by atoms with Crippen molar-refractivity contribution < 1.29 is 8.81 Å². The average molecular weight is 284 g/mol. The van der Waals surface area contributed by atoms with Gasteiger partial charge in [-0.1, -0.05) is 0 Å². The van der Waals surface area contributed by atoms with Gasteiger partial charge in [0.1, 0.15) is 17.2 Å². The number of halogens is 2. The zero-order valence-electron chi connectivity index (χ0n) is 8.54. The predicted octanol–water partition coefficient (Wildman–Crippen LogP) is 3.74. The van der Waals surface area contributed by atoms with Crippen LogP contribution in [-0.2, 0) is 0 Å². The summed E-state index contributed by atoms with van der Waals surface area (Å²) in [6, 6.07) is 4.65. The first-order valence-electron chi connectivity index (χ1n) is 5.29. The van der Waals surface area contributed by atoms with Crippen LogP contribution in [0.5, 0.6) is 0 Å². The molecule has 2 N–H and O–H groups in total. The minimum absolute atomic E-state index is 0.0534. The van der Waals surface area contributed by atoms with Crippen molar-refractivity contribution in [3.8, 4) is 0 Å². The van der Waals surface area contributed by atoms with Crippen LogP contribution >= 0.6 is 15.9 Å². The second-order valence-corrected chi connectivity index (χ2v) is 5.17. The number of furan rings is 1. The Morgan fingerprint density at radius 1 is 1.38 bits per heavy atom. The first kappa shape index (κ1) is 10.3. The number of fused-ring (bicyclic) bond motifs is 1. The molecule has 1 aliphatic rings. The second-order valence-electron chi connectivity index (χ2n) is 4.32. The summed E-state index contributed by atoms with van der Waals surface area (Å²) in [5, 5.41) is 0.762. The van der Waals surface area contributed by atoms with Crippen molar-refractivity contribution in [2.24, 2.45) is 11.7 Å². The van der Waals surface area contributed by atoms with Gasteiger partial charge in [-0.15, -0.1) is 0 Å². The standard InChI is InChI=1S/C12H11BrFNO/c13-9-5-8(14)3-7-4-10(16-12(7)9)11(15)6-1-2-6/h3-6,11H,1-2,15H2. The van der Waals surface area contributed by atoms with Crippen LogP contribution in [0.25, 0.3) is 11.0 Å². The van der Waals surface area contributed by atoms with Crippen LogP contribution in [0.4, 0.5) is 4.39 Å². The highest BCUT2D eigenvalue weighted by atomic mass is 79.9. The molecular weight excluding hydrogens is 273 g/mol. The molecule has 84 valence electrons. The van der Waals surface area contributed by atoms with Gasteiger partial charge in [-0.2, -0.15) is 0 Å². The van der Waals surface area contributed by atoms with Crippen molar-refractivity contribution in [3.05, 3.63) is 34.2 Å². The molecule has 1 saturated carbocycles. The molecule has 0 bridgehead atoms. The summed E-state index contributed by atoms with van der Waals surface area (Å²) in [5.41, 5.74) is 6.72. The lowest BCUT2D eigenvalue weighted by molar-refractivity contribution is 0.466. The molecule has 2 nitrogen and oxygen atoms in total. The lowest BCUT2D eigenvalue weighted by Crippen LogP contribution is -2.10. The molecule has 1 aromatic heterocycles. The number of nitrogens with two attached hydrogens (primary N) is 1. The Kier molecular flexibility index (Phi) is 2.30. The molecule has 2 aromatic rings. The van der Waals surface area contributed by atoms with Gasteiger partial charge in [-0.25, -0.2) is 4.39 Å². The smallest absolute Gasteiger partial charge is 0.148 e.